The number of hydrogen-bond acceptors (Lipinski definition) is 11. The Morgan fingerprint density at radius 2 is 1.28 bits per heavy atom. The van der Waals surface area contributed by atoms with Gasteiger partial charge in [0.15, 0.2) is 0 Å². The van der Waals surface area contributed by atoms with Crippen LogP contribution in [0.2, 0.25) is 10.3 Å². The Labute approximate surface area is 356 Å². The number of nitrogens with zero attached hydrogens (tertiary/aromatic N) is 7. The number of aromatic nitrogens is 6. The molecule has 312 valence electrons. The van der Waals surface area contributed by atoms with Crippen molar-refractivity contribution in [3.05, 3.63) is 119 Å². The molecule has 2 aromatic carbocycles. The number of hydrogen-bond donors (Lipinski definition) is 3. The molecule has 0 aliphatic carbocycles. The minimum atomic E-state index is -0.350. The van der Waals surface area contributed by atoms with E-state index in [-0.39, 0.29) is 35.7 Å². The second kappa shape index (κ2) is 20.5. The van der Waals surface area contributed by atoms with Crippen LogP contribution >= 0.6 is 23.2 Å². The summed E-state index contributed by atoms with van der Waals surface area (Å²) < 4.78 is 37.3. The molecule has 2 atom stereocenters. The molecule has 60 heavy (non-hydrogen) atoms. The average Bonchev–Trinajstić information content (AvgIpc) is 3.21. The first-order valence-corrected chi connectivity index (χ1v) is 19.9. The molecule has 0 spiro atoms. The summed E-state index contributed by atoms with van der Waals surface area (Å²) >= 11 is 12.2. The van der Waals surface area contributed by atoms with Gasteiger partial charge in [-0.2, -0.15) is 0 Å². The topological polar surface area (TPSA) is 166 Å². The lowest BCUT2D eigenvalue weighted by atomic mass is 10.0. The predicted octanol–water partition coefficient (Wildman–Crippen LogP) is 8.44. The second-order valence-electron chi connectivity index (χ2n) is 14.0. The first-order chi connectivity index (χ1) is 28.8. The van der Waals surface area contributed by atoms with E-state index < -0.39 is 0 Å². The Balaban J connectivity index is 0.000000180. The molecule has 2 aliphatic heterocycles. The molecule has 6 heterocycles. The lowest BCUT2D eigenvalue weighted by molar-refractivity contribution is -0.00141. The number of nitrogen functional groups attached to an aromatic ring is 1. The molecule has 13 nitrogen and oxygen atoms in total. The maximum Gasteiger partial charge on any atom is 0.324 e. The van der Waals surface area contributed by atoms with Crippen molar-refractivity contribution in [1.82, 2.24) is 40.1 Å². The fraction of sp³-hybridized carbons (Fsp3) is 0.279. The van der Waals surface area contributed by atoms with Gasteiger partial charge in [-0.25, -0.2) is 43.5 Å². The van der Waals surface area contributed by atoms with Crippen LogP contribution in [-0.2, 0) is 9.47 Å². The van der Waals surface area contributed by atoms with Crippen molar-refractivity contribution in [2.75, 3.05) is 50.4 Å². The highest BCUT2D eigenvalue weighted by molar-refractivity contribution is 6.30. The maximum absolute atomic E-state index is 13.5. The third-order valence-corrected chi connectivity index (χ3v) is 9.55. The van der Waals surface area contributed by atoms with Crippen molar-refractivity contribution < 1.29 is 23.0 Å². The van der Waals surface area contributed by atoms with Crippen molar-refractivity contribution in [1.29, 1.82) is 0 Å². The molecule has 0 radical (unpaired) electrons. The largest absolute Gasteiger partial charge is 0.376 e. The van der Waals surface area contributed by atoms with Gasteiger partial charge in [0, 0.05) is 72.2 Å². The van der Waals surface area contributed by atoms with Gasteiger partial charge >= 0.3 is 6.03 Å². The van der Waals surface area contributed by atoms with Crippen molar-refractivity contribution in [2.45, 2.75) is 39.9 Å². The van der Waals surface area contributed by atoms with Crippen LogP contribution in [0, 0.1) is 25.5 Å². The summed E-state index contributed by atoms with van der Waals surface area (Å²) in [5.41, 5.74) is 12.9. The number of nitrogens with one attached hydrogen (secondary N) is 2. The van der Waals surface area contributed by atoms with Crippen LogP contribution in [0.5, 0.6) is 0 Å². The zero-order valence-electron chi connectivity index (χ0n) is 33.4. The van der Waals surface area contributed by atoms with E-state index >= 15 is 0 Å². The summed E-state index contributed by atoms with van der Waals surface area (Å²) in [6.45, 7) is 12.1. The van der Waals surface area contributed by atoms with Crippen LogP contribution < -0.4 is 16.4 Å². The first-order valence-electron chi connectivity index (χ1n) is 19.1. The van der Waals surface area contributed by atoms with Crippen molar-refractivity contribution in [2.24, 2.45) is 0 Å². The van der Waals surface area contributed by atoms with Gasteiger partial charge in [-0.3, -0.25) is 5.32 Å². The van der Waals surface area contributed by atoms with Gasteiger partial charge in [-0.05, 0) is 112 Å². The van der Waals surface area contributed by atoms with Crippen LogP contribution in [0.3, 0.4) is 0 Å². The number of aryl methyl sites for hydroxylation is 2. The summed E-state index contributed by atoms with van der Waals surface area (Å²) in [7, 11) is 0. The van der Waals surface area contributed by atoms with E-state index in [1.165, 1.54) is 24.3 Å². The number of morpholine rings is 2. The van der Waals surface area contributed by atoms with Gasteiger partial charge < -0.3 is 25.4 Å². The monoisotopic (exact) mass is 856 g/mol. The summed E-state index contributed by atoms with van der Waals surface area (Å²) in [5, 5.41) is 6.69. The quantitative estimate of drug-likeness (QED) is 0.143. The molecular formula is C43H44Cl2F2N10O3. The Kier molecular flexibility index (Phi) is 15.0. The summed E-state index contributed by atoms with van der Waals surface area (Å²) in [6, 6.07) is 18.9. The number of ether oxygens (including phenoxy) is 2. The number of rotatable bonds is 5. The molecule has 4 N–H and O–H groups in total. The smallest absolute Gasteiger partial charge is 0.324 e. The SMILES string of the molecule is C[C@H]1CNCCO1.Cc1cc(-c2cnc(N)nc2-c2ccc(F)cc2)cc(Cl)n1.Cc1cc(-c2cnc(NC(=O)N3CCO[C@@H](C)C3)nc2-c2ccc(F)cc2)cc(Cl)n1. The zero-order chi connectivity index (χ0) is 42.8. The second-order valence-corrected chi connectivity index (χ2v) is 14.8. The highest BCUT2D eigenvalue weighted by Crippen LogP contribution is 2.34. The Bertz CT molecular complexity index is 2370. The molecule has 0 unspecified atom stereocenters. The van der Waals surface area contributed by atoms with Gasteiger partial charge in [-0.15, -0.1) is 0 Å². The van der Waals surface area contributed by atoms with Crippen molar-refractivity contribution in [3.63, 3.8) is 0 Å². The van der Waals surface area contributed by atoms with E-state index in [4.69, 9.17) is 38.4 Å². The molecule has 0 saturated carbocycles. The number of halogens is 4. The Hall–Kier alpha value is -5.71. The van der Waals surface area contributed by atoms with Gasteiger partial charge in [0.05, 0.1) is 36.8 Å². The van der Waals surface area contributed by atoms with Gasteiger partial charge in [0.2, 0.25) is 11.9 Å². The van der Waals surface area contributed by atoms with Gasteiger partial charge in [0.1, 0.15) is 21.9 Å². The van der Waals surface area contributed by atoms with Crippen LogP contribution in [0.25, 0.3) is 44.8 Å². The van der Waals surface area contributed by atoms with E-state index in [1.807, 2.05) is 32.9 Å². The van der Waals surface area contributed by atoms with E-state index in [2.05, 4.69) is 47.5 Å². The van der Waals surface area contributed by atoms with Crippen molar-refractivity contribution in [3.8, 4) is 44.8 Å². The van der Waals surface area contributed by atoms with E-state index in [0.717, 1.165) is 53.3 Å². The van der Waals surface area contributed by atoms with Crippen LogP contribution in [0.4, 0.5) is 25.5 Å². The lowest BCUT2D eigenvalue weighted by Crippen LogP contribution is -2.46. The Morgan fingerprint density at radius 1 is 0.750 bits per heavy atom. The number of amides is 2. The van der Waals surface area contributed by atoms with Crippen LogP contribution in [-0.4, -0.2) is 92.4 Å². The van der Waals surface area contributed by atoms with Crippen molar-refractivity contribution >= 4 is 41.1 Å². The fourth-order valence-electron chi connectivity index (χ4n) is 6.36. The van der Waals surface area contributed by atoms with E-state index in [0.29, 0.717) is 58.6 Å². The number of nitrogens with two attached hydrogens (primary N) is 1. The zero-order valence-corrected chi connectivity index (χ0v) is 34.9. The highest BCUT2D eigenvalue weighted by atomic mass is 35.5. The molecular weight excluding hydrogens is 813 g/mol. The predicted molar refractivity (Wildman–Crippen MR) is 230 cm³/mol. The standard InChI is InChI=1S/C22H21ClFN5O2.C16H12ClFN4.C5H11NO/c1-13-9-16(10-19(23)26-13)18-11-25-21(27-20(18)15-3-5-17(24)6-4-15)28-22(30)29-7-8-31-14(2)12-29;1-9-6-11(7-14(17)21-9)13-8-20-16(19)22-15(13)10-2-4-12(18)5-3-10;1-5-4-6-2-3-7-5/h3-6,9-11,14H,7-8,12H2,1-2H3,(H,25,27,28,30);2-8H,1H3,(H2,19,20,22);5-6H,2-4H2,1H3/t14-;;5-/m0.0/s1. The molecule has 0 bridgehead atoms. The number of benzene rings is 2. The number of urea groups is 1. The average molecular weight is 858 g/mol. The molecule has 6 aromatic rings. The number of carbonyl (C=O) groups excluding carboxylic acids is 1. The number of pyridine rings is 2. The minimum absolute atomic E-state index is 0.0303. The van der Waals surface area contributed by atoms with E-state index in [9.17, 15) is 13.6 Å². The molecule has 2 fully saturated rings. The first kappa shape index (κ1) is 43.9. The molecule has 2 saturated heterocycles. The molecule has 4 aromatic heterocycles. The molecule has 2 aliphatic rings. The third kappa shape index (κ3) is 12.2. The summed E-state index contributed by atoms with van der Waals surface area (Å²) in [6.07, 6.45) is 3.64. The maximum atomic E-state index is 13.5. The molecule has 2 amide bonds. The van der Waals surface area contributed by atoms with Crippen LogP contribution in [0.1, 0.15) is 25.2 Å². The lowest BCUT2D eigenvalue weighted by Gasteiger charge is -2.30. The van der Waals surface area contributed by atoms with Crippen LogP contribution in [0.15, 0.2) is 85.2 Å². The number of carbonyl (C=O) groups is 1. The van der Waals surface area contributed by atoms with Gasteiger partial charge in [0.25, 0.3) is 0 Å². The normalized spacial score (nSPS) is 16.2. The van der Waals surface area contributed by atoms with E-state index in [1.54, 1.807) is 53.7 Å². The Morgan fingerprint density at radius 3 is 1.77 bits per heavy atom. The molecule has 17 heteroatoms. The number of anilines is 2. The fourth-order valence-corrected chi connectivity index (χ4v) is 6.86. The highest BCUT2D eigenvalue weighted by Gasteiger charge is 2.23. The molecule has 8 rings (SSSR count). The van der Waals surface area contributed by atoms with Gasteiger partial charge in [-0.1, -0.05) is 23.2 Å². The minimum Gasteiger partial charge on any atom is -0.376 e. The summed E-state index contributed by atoms with van der Waals surface area (Å²) in [4.78, 5) is 39.9. The third-order valence-electron chi connectivity index (χ3n) is 9.16. The summed E-state index contributed by atoms with van der Waals surface area (Å²) in [5.74, 6) is -0.351.